The Bertz CT molecular complexity index is 828. The average molecular weight is 425 g/mol. The number of rotatable bonds is 8. The molecule has 2 amide bonds. The maximum absolute atomic E-state index is 13.1. The van der Waals surface area contributed by atoms with Crippen LogP contribution in [0.25, 0.3) is 0 Å². The normalized spacial score (nSPS) is 11.8. The smallest absolute Gasteiger partial charge is 0.242 e. The molecule has 1 N–H and O–H groups in total. The Morgan fingerprint density at radius 1 is 1.07 bits per heavy atom. The molecule has 2 aromatic carbocycles. The standard InChI is InChI=1S/C21H23Cl2FN2O2/c1-3-10-25-21(28)14(2)26(13-16-6-9-18(22)19(23)11-16)20(27)12-15-4-7-17(24)8-5-15/h4-9,11,14H,3,10,12-13H2,1-2H3,(H,25,28)/t14-/m1/s1. The summed E-state index contributed by atoms with van der Waals surface area (Å²) in [7, 11) is 0. The van der Waals surface area contributed by atoms with Crippen LogP contribution in [0, 0.1) is 5.82 Å². The van der Waals surface area contributed by atoms with E-state index in [4.69, 9.17) is 23.2 Å². The van der Waals surface area contributed by atoms with Crippen LogP contribution in [0.5, 0.6) is 0 Å². The van der Waals surface area contributed by atoms with E-state index in [0.29, 0.717) is 22.2 Å². The van der Waals surface area contributed by atoms with E-state index < -0.39 is 6.04 Å². The second-order valence-electron chi connectivity index (χ2n) is 6.54. The Morgan fingerprint density at radius 2 is 1.71 bits per heavy atom. The molecule has 4 nitrogen and oxygen atoms in total. The van der Waals surface area contributed by atoms with Crippen molar-refractivity contribution in [2.45, 2.75) is 39.3 Å². The third-order valence-electron chi connectivity index (χ3n) is 4.32. The van der Waals surface area contributed by atoms with Crippen LogP contribution >= 0.6 is 23.2 Å². The first-order valence-electron chi connectivity index (χ1n) is 9.07. The first-order chi connectivity index (χ1) is 13.3. The fourth-order valence-electron chi connectivity index (χ4n) is 2.69. The van der Waals surface area contributed by atoms with E-state index in [1.54, 1.807) is 37.3 Å². The second kappa shape index (κ2) is 10.4. The van der Waals surface area contributed by atoms with Crippen molar-refractivity contribution in [2.75, 3.05) is 6.54 Å². The van der Waals surface area contributed by atoms with Crippen LogP contribution in [-0.4, -0.2) is 29.3 Å². The zero-order valence-corrected chi connectivity index (χ0v) is 17.4. The Kier molecular flexibility index (Phi) is 8.27. The van der Waals surface area contributed by atoms with Gasteiger partial charge in [0.25, 0.3) is 0 Å². The second-order valence-corrected chi connectivity index (χ2v) is 7.35. The molecule has 0 aromatic heterocycles. The summed E-state index contributed by atoms with van der Waals surface area (Å²) >= 11 is 12.0. The fourth-order valence-corrected chi connectivity index (χ4v) is 3.01. The molecule has 0 radical (unpaired) electrons. The molecule has 0 spiro atoms. The summed E-state index contributed by atoms with van der Waals surface area (Å²) in [5, 5.41) is 3.62. The summed E-state index contributed by atoms with van der Waals surface area (Å²) in [6.07, 6.45) is 0.863. The van der Waals surface area contributed by atoms with Gasteiger partial charge in [-0.2, -0.15) is 0 Å². The summed E-state index contributed by atoms with van der Waals surface area (Å²) in [6, 6.07) is 10.2. The number of hydrogen-bond donors (Lipinski definition) is 1. The molecule has 0 saturated heterocycles. The van der Waals surface area contributed by atoms with Crippen molar-refractivity contribution in [1.82, 2.24) is 10.2 Å². The van der Waals surface area contributed by atoms with Gasteiger partial charge in [0.1, 0.15) is 11.9 Å². The number of carbonyl (C=O) groups is 2. The molecule has 0 bridgehead atoms. The van der Waals surface area contributed by atoms with Gasteiger partial charge in [-0.05, 0) is 48.7 Å². The van der Waals surface area contributed by atoms with Crippen molar-refractivity contribution < 1.29 is 14.0 Å². The van der Waals surface area contributed by atoms with Gasteiger partial charge in [-0.25, -0.2) is 4.39 Å². The number of carbonyl (C=O) groups excluding carboxylic acids is 2. The van der Waals surface area contributed by atoms with Crippen LogP contribution in [-0.2, 0) is 22.6 Å². The quantitative estimate of drug-likeness (QED) is 0.671. The molecule has 150 valence electrons. The van der Waals surface area contributed by atoms with Crippen molar-refractivity contribution in [2.24, 2.45) is 0 Å². The van der Waals surface area contributed by atoms with Crippen LogP contribution in [0.3, 0.4) is 0 Å². The van der Waals surface area contributed by atoms with Crippen LogP contribution in [0.15, 0.2) is 42.5 Å². The molecule has 2 aromatic rings. The van der Waals surface area contributed by atoms with E-state index in [9.17, 15) is 14.0 Å². The molecular weight excluding hydrogens is 402 g/mol. The molecule has 28 heavy (non-hydrogen) atoms. The molecule has 7 heteroatoms. The zero-order valence-electron chi connectivity index (χ0n) is 15.8. The first-order valence-corrected chi connectivity index (χ1v) is 9.83. The van der Waals surface area contributed by atoms with Gasteiger partial charge < -0.3 is 10.2 Å². The number of amides is 2. The minimum absolute atomic E-state index is 0.0625. The first kappa shape index (κ1) is 22.2. The van der Waals surface area contributed by atoms with Crippen molar-refractivity contribution in [3.63, 3.8) is 0 Å². The summed E-state index contributed by atoms with van der Waals surface area (Å²) in [5.41, 5.74) is 1.43. The van der Waals surface area contributed by atoms with E-state index in [-0.39, 0.29) is 30.6 Å². The molecule has 0 heterocycles. The lowest BCUT2D eigenvalue weighted by Crippen LogP contribution is -2.48. The van der Waals surface area contributed by atoms with Crippen LogP contribution in [0.2, 0.25) is 10.0 Å². The van der Waals surface area contributed by atoms with Gasteiger partial charge in [0, 0.05) is 13.1 Å². The van der Waals surface area contributed by atoms with E-state index in [0.717, 1.165) is 12.0 Å². The van der Waals surface area contributed by atoms with Gasteiger partial charge in [0.2, 0.25) is 11.8 Å². The highest BCUT2D eigenvalue weighted by atomic mass is 35.5. The van der Waals surface area contributed by atoms with Gasteiger partial charge in [0.05, 0.1) is 16.5 Å². The molecule has 0 saturated carbocycles. The largest absolute Gasteiger partial charge is 0.354 e. The third kappa shape index (κ3) is 6.21. The number of halogens is 3. The third-order valence-corrected chi connectivity index (χ3v) is 5.06. The van der Waals surface area contributed by atoms with Crippen molar-refractivity contribution >= 4 is 35.0 Å². The SMILES string of the molecule is CCCNC(=O)[C@@H](C)N(Cc1ccc(Cl)c(Cl)c1)C(=O)Cc1ccc(F)cc1. The summed E-state index contributed by atoms with van der Waals surface area (Å²) < 4.78 is 13.1. The average Bonchev–Trinajstić information content (AvgIpc) is 2.68. The van der Waals surface area contributed by atoms with Gasteiger partial charge >= 0.3 is 0 Å². The molecule has 0 unspecified atom stereocenters. The highest BCUT2D eigenvalue weighted by molar-refractivity contribution is 6.42. The van der Waals surface area contributed by atoms with E-state index in [1.165, 1.54) is 17.0 Å². The Hall–Kier alpha value is -2.11. The zero-order chi connectivity index (χ0) is 20.7. The van der Waals surface area contributed by atoms with Gasteiger partial charge in [-0.15, -0.1) is 0 Å². The maximum Gasteiger partial charge on any atom is 0.242 e. The van der Waals surface area contributed by atoms with E-state index in [2.05, 4.69) is 5.32 Å². The van der Waals surface area contributed by atoms with E-state index >= 15 is 0 Å². The fraction of sp³-hybridized carbons (Fsp3) is 0.333. The van der Waals surface area contributed by atoms with Crippen molar-refractivity contribution in [3.05, 3.63) is 69.5 Å². The molecule has 1 atom stereocenters. The minimum Gasteiger partial charge on any atom is -0.354 e. The van der Waals surface area contributed by atoms with Crippen molar-refractivity contribution in [1.29, 1.82) is 0 Å². The summed E-state index contributed by atoms with van der Waals surface area (Å²) in [4.78, 5) is 26.9. The lowest BCUT2D eigenvalue weighted by molar-refractivity contribution is -0.140. The number of nitrogens with one attached hydrogen (secondary N) is 1. The summed E-state index contributed by atoms with van der Waals surface area (Å²) in [6.45, 7) is 4.39. The monoisotopic (exact) mass is 424 g/mol. The Labute approximate surface area is 174 Å². The Balaban J connectivity index is 2.22. The van der Waals surface area contributed by atoms with Crippen molar-refractivity contribution in [3.8, 4) is 0 Å². The maximum atomic E-state index is 13.1. The van der Waals surface area contributed by atoms with Gasteiger partial charge in [0.15, 0.2) is 0 Å². The molecule has 0 aliphatic rings. The van der Waals surface area contributed by atoms with Crippen LogP contribution in [0.1, 0.15) is 31.4 Å². The molecule has 2 rings (SSSR count). The predicted molar refractivity (Wildman–Crippen MR) is 110 cm³/mol. The number of hydrogen-bond acceptors (Lipinski definition) is 2. The van der Waals surface area contributed by atoms with Crippen LogP contribution < -0.4 is 5.32 Å². The minimum atomic E-state index is -0.672. The number of benzene rings is 2. The topological polar surface area (TPSA) is 49.4 Å². The molecule has 0 aliphatic heterocycles. The molecule has 0 fully saturated rings. The number of nitrogens with zero attached hydrogens (tertiary/aromatic N) is 1. The lowest BCUT2D eigenvalue weighted by atomic mass is 10.1. The van der Waals surface area contributed by atoms with E-state index in [1.807, 2.05) is 6.92 Å². The summed E-state index contributed by atoms with van der Waals surface area (Å²) in [5.74, 6) is -0.831. The highest BCUT2D eigenvalue weighted by Gasteiger charge is 2.26. The van der Waals surface area contributed by atoms with Gasteiger partial charge in [-0.1, -0.05) is 48.3 Å². The van der Waals surface area contributed by atoms with Crippen LogP contribution in [0.4, 0.5) is 4.39 Å². The highest BCUT2D eigenvalue weighted by Crippen LogP contribution is 2.24. The lowest BCUT2D eigenvalue weighted by Gasteiger charge is -2.29. The molecular formula is C21H23Cl2FN2O2. The molecule has 0 aliphatic carbocycles. The Morgan fingerprint density at radius 3 is 2.32 bits per heavy atom. The van der Waals surface area contributed by atoms with Gasteiger partial charge in [-0.3, -0.25) is 9.59 Å². The predicted octanol–water partition coefficient (Wildman–Crippen LogP) is 4.62.